The molecule has 2 heterocycles. The summed E-state index contributed by atoms with van der Waals surface area (Å²) in [6.07, 6.45) is 2.33. The number of H-pyrrole nitrogens is 1. The van der Waals surface area contributed by atoms with Crippen molar-refractivity contribution in [2.24, 2.45) is 4.99 Å². The molecule has 4 N–H and O–H groups in total. The van der Waals surface area contributed by atoms with Crippen LogP contribution in [0.3, 0.4) is 0 Å². The molecule has 2 aromatic carbocycles. The maximum Gasteiger partial charge on any atom is 0.337 e. The second-order valence-electron chi connectivity index (χ2n) is 8.94. The third-order valence-electron chi connectivity index (χ3n) is 5.86. The molecule has 212 valence electrons. The molecule has 0 aliphatic rings. The number of aliphatic imine (C=N–C) groups is 1. The lowest BCUT2D eigenvalue weighted by atomic mass is 10.1. The summed E-state index contributed by atoms with van der Waals surface area (Å²) in [6, 6.07) is 10.7. The van der Waals surface area contributed by atoms with E-state index in [1.165, 1.54) is 44.6 Å². The van der Waals surface area contributed by atoms with Gasteiger partial charge in [0.15, 0.2) is 5.11 Å². The van der Waals surface area contributed by atoms with Gasteiger partial charge in [-0.2, -0.15) is 0 Å². The minimum Gasteiger partial charge on any atom is -0.465 e. The van der Waals surface area contributed by atoms with Crippen molar-refractivity contribution in [1.29, 1.82) is 0 Å². The predicted molar refractivity (Wildman–Crippen MR) is 158 cm³/mol. The highest BCUT2D eigenvalue weighted by atomic mass is 32.1. The number of guanidine groups is 1. The molecule has 0 aliphatic heterocycles. The quantitative estimate of drug-likeness (QED) is 0.109. The molecule has 2 aromatic heterocycles. The van der Waals surface area contributed by atoms with Gasteiger partial charge in [0.05, 0.1) is 25.3 Å². The van der Waals surface area contributed by atoms with Gasteiger partial charge in [-0.1, -0.05) is 0 Å². The first-order valence-electron chi connectivity index (χ1n) is 12.4. The molecule has 0 unspecified atom stereocenters. The summed E-state index contributed by atoms with van der Waals surface area (Å²) >= 11 is 5.50. The zero-order valence-electron chi connectivity index (χ0n) is 22.8. The first-order valence-corrected chi connectivity index (χ1v) is 12.8. The molecule has 13 heteroatoms. The van der Waals surface area contributed by atoms with Gasteiger partial charge in [0, 0.05) is 40.7 Å². The van der Waals surface area contributed by atoms with Crippen LogP contribution in [0.5, 0.6) is 0 Å². The van der Waals surface area contributed by atoms with Crippen LogP contribution >= 0.6 is 12.2 Å². The van der Waals surface area contributed by atoms with E-state index in [9.17, 15) is 14.0 Å². The fraction of sp³-hybridized carbons (Fsp3) is 0.214. The van der Waals surface area contributed by atoms with Crippen molar-refractivity contribution in [3.05, 3.63) is 82.6 Å². The number of aryl methyl sites for hydroxylation is 2. The number of rotatable bonds is 7. The van der Waals surface area contributed by atoms with E-state index in [2.05, 4.69) is 35.9 Å². The summed E-state index contributed by atoms with van der Waals surface area (Å²) in [6.45, 7) is 4.01. The number of hydrogen-bond donors (Lipinski definition) is 4. The van der Waals surface area contributed by atoms with Crippen LogP contribution in [0.15, 0.2) is 53.7 Å². The minimum atomic E-state index is -0.634. The van der Waals surface area contributed by atoms with Crippen molar-refractivity contribution in [3.8, 4) is 0 Å². The molecule has 41 heavy (non-hydrogen) atoms. The molecule has 0 amide bonds. The Bertz CT molecular complexity index is 1600. The van der Waals surface area contributed by atoms with Crippen LogP contribution in [0.1, 0.15) is 37.7 Å². The summed E-state index contributed by atoms with van der Waals surface area (Å²) in [5.41, 5.74) is 3.86. The van der Waals surface area contributed by atoms with Crippen molar-refractivity contribution in [3.63, 3.8) is 0 Å². The fourth-order valence-corrected chi connectivity index (χ4v) is 4.30. The largest absolute Gasteiger partial charge is 0.465 e. The van der Waals surface area contributed by atoms with Crippen molar-refractivity contribution >= 4 is 57.8 Å². The molecule has 0 bridgehead atoms. The Morgan fingerprint density at radius 2 is 1.63 bits per heavy atom. The van der Waals surface area contributed by atoms with Crippen LogP contribution in [0.4, 0.5) is 16.0 Å². The van der Waals surface area contributed by atoms with Gasteiger partial charge in [-0.3, -0.25) is 10.3 Å². The highest BCUT2D eigenvalue weighted by Gasteiger charge is 2.15. The van der Waals surface area contributed by atoms with Gasteiger partial charge in [-0.15, -0.1) is 0 Å². The molecule has 0 aliphatic carbocycles. The number of aromatic nitrogens is 3. The van der Waals surface area contributed by atoms with Crippen LogP contribution in [-0.2, 0) is 15.9 Å². The average molecular weight is 578 g/mol. The van der Waals surface area contributed by atoms with Crippen molar-refractivity contribution < 1.29 is 23.5 Å². The van der Waals surface area contributed by atoms with Gasteiger partial charge in [0.25, 0.3) is 0 Å². The lowest BCUT2D eigenvalue weighted by molar-refractivity contribution is 0.0599. The van der Waals surface area contributed by atoms with E-state index in [1.807, 2.05) is 26.1 Å². The molecular formula is C28H28FN7O4S. The number of carbonyl (C=O) groups is 2. The van der Waals surface area contributed by atoms with Gasteiger partial charge in [0.1, 0.15) is 5.82 Å². The summed E-state index contributed by atoms with van der Waals surface area (Å²) in [4.78, 5) is 40.8. The molecule has 11 nitrogen and oxygen atoms in total. The minimum absolute atomic E-state index is 0.104. The van der Waals surface area contributed by atoms with Crippen LogP contribution in [-0.4, -0.2) is 58.7 Å². The average Bonchev–Trinajstić information content (AvgIpc) is 3.33. The van der Waals surface area contributed by atoms with E-state index in [0.717, 1.165) is 27.9 Å². The number of esters is 2. The number of nitrogens with one attached hydrogen (secondary N) is 4. The number of halogens is 1. The maximum absolute atomic E-state index is 13.8. The van der Waals surface area contributed by atoms with Crippen LogP contribution in [0.25, 0.3) is 10.9 Å². The third-order valence-corrected chi connectivity index (χ3v) is 6.06. The molecule has 0 radical (unpaired) electrons. The zero-order valence-corrected chi connectivity index (χ0v) is 23.6. The molecule has 0 atom stereocenters. The number of nitrogens with zero attached hydrogens (tertiary/aromatic N) is 3. The number of ether oxygens (including phenoxy) is 2. The molecule has 4 rings (SSSR count). The topological polar surface area (TPSA) is 143 Å². The Balaban J connectivity index is 1.56. The van der Waals surface area contributed by atoms with Crippen LogP contribution < -0.4 is 16.0 Å². The number of anilines is 2. The van der Waals surface area contributed by atoms with E-state index in [4.69, 9.17) is 21.7 Å². The van der Waals surface area contributed by atoms with Crippen LogP contribution in [0.2, 0.25) is 0 Å². The highest BCUT2D eigenvalue weighted by Crippen LogP contribution is 2.20. The van der Waals surface area contributed by atoms with E-state index >= 15 is 0 Å². The lowest BCUT2D eigenvalue weighted by Crippen LogP contribution is -2.39. The molecule has 0 fully saturated rings. The first-order chi connectivity index (χ1) is 19.6. The Morgan fingerprint density at radius 1 is 0.976 bits per heavy atom. The monoisotopic (exact) mass is 577 g/mol. The van der Waals surface area contributed by atoms with Crippen LogP contribution in [0, 0.1) is 19.7 Å². The molecule has 0 saturated heterocycles. The number of carbonyl (C=O) groups excluding carboxylic acids is 2. The number of benzene rings is 2. The molecule has 0 spiro atoms. The van der Waals surface area contributed by atoms with E-state index in [0.29, 0.717) is 24.6 Å². The number of methoxy groups -OCH3 is 2. The highest BCUT2D eigenvalue weighted by molar-refractivity contribution is 7.80. The SMILES string of the molecule is COC(=O)c1cc(NC(=S)NC(=NCCc2c[nH]c3ccc(F)cc23)Nc2nc(C)cc(C)n2)cc(C(=O)OC)c1. The van der Waals surface area contributed by atoms with E-state index in [1.54, 1.807) is 6.07 Å². The predicted octanol–water partition coefficient (Wildman–Crippen LogP) is 4.28. The first kappa shape index (κ1) is 29.1. The molecular weight excluding hydrogens is 549 g/mol. The Morgan fingerprint density at radius 3 is 2.27 bits per heavy atom. The summed E-state index contributed by atoms with van der Waals surface area (Å²) in [5, 5.41) is 9.87. The van der Waals surface area contributed by atoms with Gasteiger partial charge >= 0.3 is 11.9 Å². The standard InChI is InChI=1S/C28H28FN7O4S/c1-15-9-16(2)33-27(32-15)35-26(30-8-7-17-14-31-23-6-5-20(29)13-22(17)23)36-28(41)34-21-11-18(24(37)39-3)10-19(12-21)25(38)40-4/h5-6,9-14,31H,7-8H2,1-4H3,(H3,30,32,33,34,35,36,41). The van der Waals surface area contributed by atoms with Crippen molar-refractivity contribution in [2.75, 3.05) is 31.4 Å². The van der Waals surface area contributed by atoms with E-state index < -0.39 is 11.9 Å². The lowest BCUT2D eigenvalue weighted by Gasteiger charge is -2.15. The normalized spacial score (nSPS) is 11.2. The number of aromatic amines is 1. The number of fused-ring (bicyclic) bond motifs is 1. The Labute approximate surface area is 240 Å². The zero-order chi connectivity index (χ0) is 29.5. The second kappa shape index (κ2) is 13.0. The van der Waals surface area contributed by atoms with Gasteiger partial charge in [-0.25, -0.2) is 23.9 Å². The molecule has 0 saturated carbocycles. The van der Waals surface area contributed by atoms with Gasteiger partial charge < -0.3 is 25.1 Å². The van der Waals surface area contributed by atoms with Crippen molar-refractivity contribution in [2.45, 2.75) is 20.3 Å². The Hall–Kier alpha value is -4.91. The van der Waals surface area contributed by atoms with Gasteiger partial charge in [-0.05, 0) is 80.5 Å². The summed E-state index contributed by atoms with van der Waals surface area (Å²) < 4.78 is 23.4. The Kier molecular flexibility index (Phi) is 9.19. The number of thiocarbonyl (C=S) groups is 1. The number of hydrogen-bond acceptors (Lipinski definition) is 8. The van der Waals surface area contributed by atoms with E-state index in [-0.39, 0.29) is 28.0 Å². The molecule has 4 aromatic rings. The third kappa shape index (κ3) is 7.60. The maximum atomic E-state index is 13.8. The summed E-state index contributed by atoms with van der Waals surface area (Å²) in [5.74, 6) is -1.03. The van der Waals surface area contributed by atoms with Gasteiger partial charge in [0.2, 0.25) is 11.9 Å². The van der Waals surface area contributed by atoms with Crippen molar-refractivity contribution in [1.82, 2.24) is 20.3 Å². The summed E-state index contributed by atoms with van der Waals surface area (Å²) in [7, 11) is 2.48. The smallest absolute Gasteiger partial charge is 0.337 e. The second-order valence-corrected chi connectivity index (χ2v) is 9.35. The fourth-order valence-electron chi connectivity index (χ4n) is 4.08.